The summed E-state index contributed by atoms with van der Waals surface area (Å²) >= 11 is 0. The van der Waals surface area contributed by atoms with Crippen LogP contribution in [-0.4, -0.2) is 47.6 Å². The number of fused-ring (bicyclic) bond motifs is 1. The molecule has 0 spiro atoms. The van der Waals surface area contributed by atoms with E-state index in [1.165, 1.54) is 32.4 Å². The predicted molar refractivity (Wildman–Crippen MR) is 96.5 cm³/mol. The van der Waals surface area contributed by atoms with Gasteiger partial charge in [-0.05, 0) is 30.3 Å². The number of carbonyl (C=O) groups is 1. The topological polar surface area (TPSA) is 100 Å². The fourth-order valence-electron chi connectivity index (χ4n) is 2.57. The molecule has 0 radical (unpaired) electrons. The molecular weight excluding hydrogens is 374 g/mol. The Balaban J connectivity index is 1.63. The zero-order chi connectivity index (χ0) is 19.4. The highest BCUT2D eigenvalue weighted by molar-refractivity contribution is 7.91. The Labute approximate surface area is 156 Å². The SMILES string of the molecule is COc1ccc(S(=O)(=O)CCNC(=O)c2ccc3c(c2)OCO3)cc1OC. The van der Waals surface area contributed by atoms with Crippen LogP contribution in [0.3, 0.4) is 0 Å². The van der Waals surface area contributed by atoms with Gasteiger partial charge in [0.05, 0.1) is 24.9 Å². The van der Waals surface area contributed by atoms with Gasteiger partial charge in [0, 0.05) is 18.2 Å². The fraction of sp³-hybridized carbons (Fsp3) is 0.278. The molecule has 8 nitrogen and oxygen atoms in total. The van der Waals surface area contributed by atoms with Crippen LogP contribution in [0.1, 0.15) is 10.4 Å². The molecule has 3 rings (SSSR count). The molecule has 0 fully saturated rings. The van der Waals surface area contributed by atoms with Crippen LogP contribution in [0.15, 0.2) is 41.3 Å². The Morgan fingerprint density at radius 3 is 2.52 bits per heavy atom. The van der Waals surface area contributed by atoms with Gasteiger partial charge in [0.2, 0.25) is 6.79 Å². The second-order valence-electron chi connectivity index (χ2n) is 5.66. The maximum Gasteiger partial charge on any atom is 0.251 e. The van der Waals surface area contributed by atoms with Crippen LogP contribution in [0.25, 0.3) is 0 Å². The Morgan fingerprint density at radius 1 is 1.04 bits per heavy atom. The molecule has 1 N–H and O–H groups in total. The smallest absolute Gasteiger partial charge is 0.251 e. The number of amides is 1. The summed E-state index contributed by atoms with van der Waals surface area (Å²) in [6.45, 7) is 0.0773. The Bertz CT molecular complexity index is 956. The maximum atomic E-state index is 12.5. The summed E-state index contributed by atoms with van der Waals surface area (Å²) in [6, 6.07) is 9.14. The van der Waals surface area contributed by atoms with Crippen molar-refractivity contribution in [2.45, 2.75) is 4.90 Å². The van der Waals surface area contributed by atoms with E-state index in [4.69, 9.17) is 18.9 Å². The second-order valence-corrected chi connectivity index (χ2v) is 7.77. The highest BCUT2D eigenvalue weighted by Gasteiger charge is 2.19. The summed E-state index contributed by atoms with van der Waals surface area (Å²) in [4.78, 5) is 12.3. The van der Waals surface area contributed by atoms with E-state index < -0.39 is 15.7 Å². The van der Waals surface area contributed by atoms with Gasteiger partial charge >= 0.3 is 0 Å². The van der Waals surface area contributed by atoms with E-state index in [0.29, 0.717) is 28.6 Å². The van der Waals surface area contributed by atoms with Crippen LogP contribution in [-0.2, 0) is 9.84 Å². The van der Waals surface area contributed by atoms with Crippen molar-refractivity contribution >= 4 is 15.7 Å². The number of ether oxygens (including phenoxy) is 4. The summed E-state index contributed by atoms with van der Waals surface area (Å²) in [6.07, 6.45) is 0. The number of methoxy groups -OCH3 is 2. The number of carbonyl (C=O) groups excluding carboxylic acids is 1. The van der Waals surface area contributed by atoms with Crippen molar-refractivity contribution in [1.82, 2.24) is 5.32 Å². The van der Waals surface area contributed by atoms with E-state index in [9.17, 15) is 13.2 Å². The van der Waals surface area contributed by atoms with E-state index >= 15 is 0 Å². The lowest BCUT2D eigenvalue weighted by Crippen LogP contribution is -2.29. The van der Waals surface area contributed by atoms with Crippen molar-refractivity contribution in [3.8, 4) is 23.0 Å². The van der Waals surface area contributed by atoms with Crippen molar-refractivity contribution in [2.24, 2.45) is 0 Å². The summed E-state index contributed by atoms with van der Waals surface area (Å²) in [5.74, 6) is 1.17. The molecule has 2 aromatic rings. The van der Waals surface area contributed by atoms with Crippen molar-refractivity contribution in [3.05, 3.63) is 42.0 Å². The van der Waals surface area contributed by atoms with Gasteiger partial charge in [-0.15, -0.1) is 0 Å². The van der Waals surface area contributed by atoms with E-state index in [1.54, 1.807) is 18.2 Å². The molecule has 1 amide bonds. The van der Waals surface area contributed by atoms with E-state index in [2.05, 4.69) is 5.32 Å². The number of rotatable bonds is 7. The lowest BCUT2D eigenvalue weighted by atomic mass is 10.2. The van der Waals surface area contributed by atoms with E-state index in [0.717, 1.165) is 0 Å². The van der Waals surface area contributed by atoms with Crippen LogP contribution in [0.2, 0.25) is 0 Å². The lowest BCUT2D eigenvalue weighted by Gasteiger charge is -2.11. The molecule has 1 aliphatic heterocycles. The standard InChI is InChI=1S/C18H19NO7S/c1-23-14-6-4-13(10-16(14)24-2)27(21,22)8-7-19-18(20)12-3-5-15-17(9-12)26-11-25-15/h3-6,9-10H,7-8,11H2,1-2H3,(H,19,20). The summed E-state index contributed by atoms with van der Waals surface area (Å²) in [7, 11) is -0.700. The first kappa shape index (κ1) is 18.8. The first-order chi connectivity index (χ1) is 12.9. The molecule has 2 aromatic carbocycles. The maximum absolute atomic E-state index is 12.5. The van der Waals surface area contributed by atoms with Crippen molar-refractivity contribution in [1.29, 1.82) is 0 Å². The average molecular weight is 393 g/mol. The molecule has 1 heterocycles. The molecule has 0 aromatic heterocycles. The van der Waals surface area contributed by atoms with Gasteiger partial charge in [0.15, 0.2) is 32.8 Å². The predicted octanol–water partition coefficient (Wildman–Crippen LogP) is 1.64. The van der Waals surface area contributed by atoms with Gasteiger partial charge in [-0.2, -0.15) is 0 Å². The number of benzene rings is 2. The molecule has 27 heavy (non-hydrogen) atoms. The quantitative estimate of drug-likeness (QED) is 0.763. The number of hydrogen-bond donors (Lipinski definition) is 1. The zero-order valence-corrected chi connectivity index (χ0v) is 15.7. The third-order valence-corrected chi connectivity index (χ3v) is 5.72. The van der Waals surface area contributed by atoms with Crippen LogP contribution in [0.5, 0.6) is 23.0 Å². The number of sulfone groups is 1. The normalized spacial score (nSPS) is 12.5. The van der Waals surface area contributed by atoms with Gasteiger partial charge in [-0.1, -0.05) is 0 Å². The van der Waals surface area contributed by atoms with Crippen LogP contribution < -0.4 is 24.3 Å². The minimum Gasteiger partial charge on any atom is -0.493 e. The van der Waals surface area contributed by atoms with Crippen molar-refractivity contribution in [3.63, 3.8) is 0 Å². The molecule has 144 valence electrons. The third kappa shape index (κ3) is 4.08. The van der Waals surface area contributed by atoms with Gasteiger partial charge < -0.3 is 24.3 Å². The van der Waals surface area contributed by atoms with Crippen LogP contribution in [0.4, 0.5) is 0 Å². The highest BCUT2D eigenvalue weighted by Crippen LogP contribution is 2.32. The Hall–Kier alpha value is -2.94. The number of hydrogen-bond acceptors (Lipinski definition) is 7. The Kier molecular flexibility index (Phi) is 5.41. The average Bonchev–Trinajstić information content (AvgIpc) is 3.14. The lowest BCUT2D eigenvalue weighted by molar-refractivity contribution is 0.0955. The van der Waals surface area contributed by atoms with Crippen LogP contribution >= 0.6 is 0 Å². The highest BCUT2D eigenvalue weighted by atomic mass is 32.2. The van der Waals surface area contributed by atoms with Crippen molar-refractivity contribution < 1.29 is 32.2 Å². The molecular formula is C18H19NO7S. The van der Waals surface area contributed by atoms with Gasteiger partial charge in [0.1, 0.15) is 0 Å². The van der Waals surface area contributed by atoms with E-state index in [1.807, 2.05) is 0 Å². The van der Waals surface area contributed by atoms with E-state index in [-0.39, 0.29) is 24.0 Å². The Morgan fingerprint density at radius 2 is 1.78 bits per heavy atom. The largest absolute Gasteiger partial charge is 0.493 e. The monoisotopic (exact) mass is 393 g/mol. The van der Waals surface area contributed by atoms with Crippen LogP contribution in [0, 0.1) is 0 Å². The summed E-state index contributed by atoms with van der Waals surface area (Å²) in [5, 5.41) is 2.60. The van der Waals surface area contributed by atoms with Crippen molar-refractivity contribution in [2.75, 3.05) is 33.3 Å². The fourth-order valence-corrected chi connectivity index (χ4v) is 3.74. The minimum atomic E-state index is -3.60. The first-order valence-electron chi connectivity index (χ1n) is 8.07. The minimum absolute atomic E-state index is 0.0377. The second kappa shape index (κ2) is 7.75. The molecule has 0 bridgehead atoms. The molecule has 1 aliphatic rings. The van der Waals surface area contributed by atoms with Gasteiger partial charge in [-0.25, -0.2) is 8.42 Å². The molecule has 0 saturated carbocycles. The molecule has 0 atom stereocenters. The number of nitrogens with one attached hydrogen (secondary N) is 1. The summed E-state index contributed by atoms with van der Waals surface area (Å²) in [5.41, 5.74) is 0.364. The summed E-state index contributed by atoms with van der Waals surface area (Å²) < 4.78 is 45.6. The third-order valence-electron chi connectivity index (χ3n) is 4.01. The van der Waals surface area contributed by atoms with Gasteiger partial charge in [-0.3, -0.25) is 4.79 Å². The van der Waals surface area contributed by atoms with Gasteiger partial charge in [0.25, 0.3) is 5.91 Å². The first-order valence-corrected chi connectivity index (χ1v) is 9.72. The zero-order valence-electron chi connectivity index (χ0n) is 14.9. The molecule has 0 unspecified atom stereocenters. The molecule has 0 saturated heterocycles. The molecule has 9 heteroatoms. The molecule has 0 aliphatic carbocycles.